The number of aliphatic hydroxyl groups is 1. The van der Waals surface area contributed by atoms with Gasteiger partial charge in [0.05, 0.1) is 19.8 Å². The van der Waals surface area contributed by atoms with Crippen molar-refractivity contribution in [3.8, 4) is 5.75 Å². The second kappa shape index (κ2) is 5.92. The minimum Gasteiger partial charge on any atom is -0.496 e. The summed E-state index contributed by atoms with van der Waals surface area (Å²) in [5.74, 6) is 1.31. The van der Waals surface area contributed by atoms with Crippen molar-refractivity contribution < 1.29 is 9.84 Å². The maximum atomic E-state index is 9.43. The Hall–Kier alpha value is -1.22. The van der Waals surface area contributed by atoms with Crippen molar-refractivity contribution >= 4 is 5.69 Å². The van der Waals surface area contributed by atoms with Crippen molar-refractivity contribution in [1.29, 1.82) is 0 Å². The summed E-state index contributed by atoms with van der Waals surface area (Å²) < 4.78 is 5.25. The topological polar surface area (TPSA) is 32.7 Å². The Morgan fingerprint density at radius 2 is 2.00 bits per heavy atom. The van der Waals surface area contributed by atoms with E-state index < -0.39 is 0 Å². The van der Waals surface area contributed by atoms with Crippen LogP contribution in [-0.2, 0) is 0 Å². The molecule has 0 radical (unpaired) electrons. The van der Waals surface area contributed by atoms with Gasteiger partial charge in [0.2, 0.25) is 0 Å². The van der Waals surface area contributed by atoms with Gasteiger partial charge >= 0.3 is 0 Å². The predicted molar refractivity (Wildman–Crippen MR) is 71.8 cm³/mol. The average Bonchev–Trinajstić information content (AvgIpc) is 2.29. The highest BCUT2D eigenvalue weighted by molar-refractivity contribution is 5.53. The molecular weight excluding hydrogens is 214 g/mol. The van der Waals surface area contributed by atoms with Gasteiger partial charge in [-0.3, -0.25) is 0 Å². The maximum absolute atomic E-state index is 9.43. The number of hydrogen-bond acceptors (Lipinski definition) is 3. The monoisotopic (exact) mass is 237 g/mol. The van der Waals surface area contributed by atoms with Gasteiger partial charge in [0.15, 0.2) is 0 Å². The summed E-state index contributed by atoms with van der Waals surface area (Å²) in [5, 5.41) is 9.43. The Morgan fingerprint density at radius 3 is 2.41 bits per heavy atom. The molecule has 0 aliphatic rings. The number of rotatable bonds is 5. The first-order valence-electron chi connectivity index (χ1n) is 5.99. The summed E-state index contributed by atoms with van der Waals surface area (Å²) in [5.41, 5.74) is 2.22. The Balaban J connectivity index is 2.95. The molecule has 0 aromatic heterocycles. The van der Waals surface area contributed by atoms with Crippen LogP contribution >= 0.6 is 0 Å². The molecule has 0 saturated carbocycles. The van der Waals surface area contributed by atoms with Crippen LogP contribution in [0.1, 0.15) is 19.4 Å². The first-order chi connectivity index (χ1) is 8.01. The molecule has 96 valence electrons. The third-order valence-corrected chi connectivity index (χ3v) is 3.24. The Kier molecular flexibility index (Phi) is 4.82. The summed E-state index contributed by atoms with van der Waals surface area (Å²) in [6, 6.07) is 6.22. The van der Waals surface area contributed by atoms with E-state index in [1.165, 1.54) is 0 Å². The molecule has 3 nitrogen and oxygen atoms in total. The number of hydrogen-bond donors (Lipinski definition) is 1. The zero-order chi connectivity index (χ0) is 13.0. The molecule has 0 fully saturated rings. The van der Waals surface area contributed by atoms with Crippen LogP contribution in [0.25, 0.3) is 0 Å². The van der Waals surface area contributed by atoms with Gasteiger partial charge in [0, 0.05) is 12.7 Å². The molecule has 0 bridgehead atoms. The van der Waals surface area contributed by atoms with Crippen LogP contribution in [-0.4, -0.2) is 31.9 Å². The molecular formula is C14H23NO2. The van der Waals surface area contributed by atoms with E-state index >= 15 is 0 Å². The molecule has 0 aliphatic heterocycles. The zero-order valence-corrected chi connectivity index (χ0v) is 11.4. The minimum atomic E-state index is 0.141. The van der Waals surface area contributed by atoms with Gasteiger partial charge in [-0.15, -0.1) is 0 Å². The average molecular weight is 237 g/mol. The first-order valence-corrected chi connectivity index (χ1v) is 5.99. The summed E-state index contributed by atoms with van der Waals surface area (Å²) in [6.07, 6.45) is 0. The highest BCUT2D eigenvalue weighted by Gasteiger charge is 2.18. The number of methoxy groups -OCH3 is 1. The van der Waals surface area contributed by atoms with Crippen molar-refractivity contribution in [3.63, 3.8) is 0 Å². The molecule has 1 aromatic carbocycles. The van der Waals surface area contributed by atoms with Crippen LogP contribution in [0, 0.1) is 12.8 Å². The molecule has 1 aromatic rings. The lowest BCUT2D eigenvalue weighted by atomic mass is 10.0. The van der Waals surface area contributed by atoms with Crippen LogP contribution in [0.3, 0.4) is 0 Å². The maximum Gasteiger partial charge on any atom is 0.121 e. The van der Waals surface area contributed by atoms with Gasteiger partial charge in [0.25, 0.3) is 0 Å². The van der Waals surface area contributed by atoms with Gasteiger partial charge in [-0.05, 0) is 36.6 Å². The zero-order valence-electron chi connectivity index (χ0n) is 11.4. The van der Waals surface area contributed by atoms with Crippen molar-refractivity contribution in [1.82, 2.24) is 0 Å². The van der Waals surface area contributed by atoms with Gasteiger partial charge in [-0.2, -0.15) is 0 Å². The lowest BCUT2D eigenvalue weighted by Crippen LogP contribution is -2.38. The predicted octanol–water partition coefficient (Wildman–Crippen LogP) is 2.46. The van der Waals surface area contributed by atoms with E-state index in [0.717, 1.165) is 17.0 Å². The molecule has 3 heteroatoms. The van der Waals surface area contributed by atoms with E-state index in [4.69, 9.17) is 4.74 Å². The normalized spacial score (nSPS) is 12.6. The largest absolute Gasteiger partial charge is 0.496 e. The van der Waals surface area contributed by atoms with Crippen LogP contribution < -0.4 is 9.64 Å². The standard InChI is InChI=1S/C14H23NO2/c1-10(2)13(9-16)15(4)12-6-7-14(17-5)11(3)8-12/h6-8,10,13,16H,9H2,1-5H3. The van der Waals surface area contributed by atoms with Crippen LogP contribution in [0.5, 0.6) is 5.75 Å². The quantitative estimate of drug-likeness (QED) is 0.854. The van der Waals surface area contributed by atoms with Gasteiger partial charge in [-0.25, -0.2) is 0 Å². The Morgan fingerprint density at radius 1 is 1.35 bits per heavy atom. The lowest BCUT2D eigenvalue weighted by Gasteiger charge is -2.32. The molecule has 0 aliphatic carbocycles. The summed E-state index contributed by atoms with van der Waals surface area (Å²) in [4.78, 5) is 2.12. The molecule has 0 amide bonds. The fourth-order valence-corrected chi connectivity index (χ4v) is 2.05. The fourth-order valence-electron chi connectivity index (χ4n) is 2.05. The number of likely N-dealkylation sites (N-methyl/N-ethyl adjacent to an activating group) is 1. The molecule has 1 atom stereocenters. The van der Waals surface area contributed by atoms with Crippen LogP contribution in [0.15, 0.2) is 18.2 Å². The summed E-state index contributed by atoms with van der Waals surface area (Å²) >= 11 is 0. The van der Waals surface area contributed by atoms with Gasteiger partial charge in [-0.1, -0.05) is 13.8 Å². The third kappa shape index (κ3) is 3.13. The summed E-state index contributed by atoms with van der Waals surface area (Å²) in [6.45, 7) is 6.43. The molecule has 1 rings (SSSR count). The second-order valence-corrected chi connectivity index (χ2v) is 4.76. The minimum absolute atomic E-state index is 0.141. The number of aliphatic hydroxyl groups excluding tert-OH is 1. The number of anilines is 1. The Labute approximate surface area is 104 Å². The fraction of sp³-hybridized carbons (Fsp3) is 0.571. The molecule has 0 spiro atoms. The molecule has 1 unspecified atom stereocenters. The number of aryl methyl sites for hydroxylation is 1. The van der Waals surface area contributed by atoms with Crippen LogP contribution in [0.2, 0.25) is 0 Å². The van der Waals surface area contributed by atoms with Crippen molar-refractivity contribution in [3.05, 3.63) is 23.8 Å². The lowest BCUT2D eigenvalue weighted by molar-refractivity contribution is 0.234. The molecule has 0 heterocycles. The highest BCUT2D eigenvalue weighted by atomic mass is 16.5. The van der Waals surface area contributed by atoms with Gasteiger partial charge < -0.3 is 14.7 Å². The SMILES string of the molecule is COc1ccc(N(C)C(CO)C(C)C)cc1C. The number of ether oxygens (including phenoxy) is 1. The number of benzene rings is 1. The van der Waals surface area contributed by atoms with E-state index in [2.05, 4.69) is 24.8 Å². The molecule has 1 N–H and O–H groups in total. The van der Waals surface area contributed by atoms with Gasteiger partial charge in [0.1, 0.15) is 5.75 Å². The van der Waals surface area contributed by atoms with Crippen LogP contribution in [0.4, 0.5) is 5.69 Å². The third-order valence-electron chi connectivity index (χ3n) is 3.24. The van der Waals surface area contributed by atoms with E-state index in [-0.39, 0.29) is 12.6 Å². The first kappa shape index (κ1) is 13.8. The summed E-state index contributed by atoms with van der Waals surface area (Å²) in [7, 11) is 3.69. The number of nitrogens with zero attached hydrogens (tertiary/aromatic N) is 1. The Bertz CT molecular complexity index is 363. The second-order valence-electron chi connectivity index (χ2n) is 4.76. The molecule has 0 saturated heterocycles. The van der Waals surface area contributed by atoms with Crippen molar-refractivity contribution in [2.45, 2.75) is 26.8 Å². The van der Waals surface area contributed by atoms with E-state index in [0.29, 0.717) is 5.92 Å². The van der Waals surface area contributed by atoms with Crippen molar-refractivity contribution in [2.75, 3.05) is 25.7 Å². The van der Waals surface area contributed by atoms with E-state index in [9.17, 15) is 5.11 Å². The van der Waals surface area contributed by atoms with E-state index in [1.54, 1.807) is 7.11 Å². The molecule has 17 heavy (non-hydrogen) atoms. The smallest absolute Gasteiger partial charge is 0.121 e. The highest BCUT2D eigenvalue weighted by Crippen LogP contribution is 2.25. The van der Waals surface area contributed by atoms with Crippen molar-refractivity contribution in [2.24, 2.45) is 5.92 Å². The van der Waals surface area contributed by atoms with E-state index in [1.807, 2.05) is 26.1 Å².